The number of hydrogen-bond donors (Lipinski definition) is 2. The molecule has 0 aliphatic carbocycles. The first kappa shape index (κ1) is 25.0. The van der Waals surface area contributed by atoms with Crippen molar-refractivity contribution >= 4 is 39.0 Å². The quantitative estimate of drug-likeness (QED) is 0.596. The second-order valence-electron chi connectivity index (χ2n) is 8.03. The number of aromatic amines is 1. The lowest BCUT2D eigenvalue weighted by atomic mass is 9.96. The summed E-state index contributed by atoms with van der Waals surface area (Å²) in [6.07, 6.45) is 2.10. The van der Waals surface area contributed by atoms with Crippen molar-refractivity contribution in [1.82, 2.24) is 13.9 Å². The van der Waals surface area contributed by atoms with Crippen molar-refractivity contribution < 1.29 is 13.2 Å². The molecule has 3 rings (SSSR count). The lowest BCUT2D eigenvalue weighted by molar-refractivity contribution is -0.123. The molecule has 1 aromatic carbocycles. The number of unbranched alkanes of at least 4 members (excludes halogenated alkanes) is 1. The Labute approximate surface area is 197 Å². The molecule has 0 unspecified atom stereocenters. The predicted molar refractivity (Wildman–Crippen MR) is 127 cm³/mol. The van der Waals surface area contributed by atoms with Crippen molar-refractivity contribution in [3.8, 4) is 0 Å². The summed E-state index contributed by atoms with van der Waals surface area (Å²) in [6, 6.07) is 5.93. The van der Waals surface area contributed by atoms with E-state index in [9.17, 15) is 22.8 Å². The number of H-pyrrole nitrogens is 1. The summed E-state index contributed by atoms with van der Waals surface area (Å²) in [5, 5.41) is 0.441. The Morgan fingerprint density at radius 1 is 1.21 bits per heavy atom. The number of nitrogens with one attached hydrogen (secondary N) is 1. The smallest absolute Gasteiger partial charge is 0.330 e. The molecule has 0 bridgehead atoms. The molecule has 0 radical (unpaired) electrons. The number of amides is 1. The normalized spacial score (nSPS) is 15.5. The van der Waals surface area contributed by atoms with Gasteiger partial charge < -0.3 is 10.6 Å². The van der Waals surface area contributed by atoms with Gasteiger partial charge in [0.05, 0.1) is 4.90 Å². The van der Waals surface area contributed by atoms with Gasteiger partial charge in [0.25, 0.3) is 5.56 Å². The molecule has 1 aromatic heterocycles. The van der Waals surface area contributed by atoms with Crippen LogP contribution >= 0.6 is 11.6 Å². The molecule has 0 atom stereocenters. The van der Waals surface area contributed by atoms with Crippen LogP contribution in [0.25, 0.3) is 0 Å². The third-order valence-corrected chi connectivity index (χ3v) is 8.03. The molecule has 1 aliphatic rings. The number of carbonyl (C=O) groups excluding carboxylic acids is 1. The standard InChI is InChI=1S/C21H28ClN5O5S/c1-3-4-11-27-18(23)17(19(28)24-21(27)30)25(2)20(29)14-9-12-26(13-10-14)33(31,32)16-7-5-15(22)6-8-16/h5-8,14H,3-4,9-13,23H2,1-2H3,(H,24,28,30). The summed E-state index contributed by atoms with van der Waals surface area (Å²) >= 11 is 5.84. The Morgan fingerprint density at radius 3 is 2.39 bits per heavy atom. The van der Waals surface area contributed by atoms with Crippen LogP contribution in [0.3, 0.4) is 0 Å². The Morgan fingerprint density at radius 2 is 1.82 bits per heavy atom. The second kappa shape index (κ2) is 10.1. The first-order valence-electron chi connectivity index (χ1n) is 10.7. The van der Waals surface area contributed by atoms with Crippen molar-refractivity contribution in [2.75, 3.05) is 30.8 Å². The topological polar surface area (TPSA) is 139 Å². The molecular formula is C21H28ClN5O5S. The van der Waals surface area contributed by atoms with E-state index in [0.29, 0.717) is 30.8 Å². The van der Waals surface area contributed by atoms with E-state index >= 15 is 0 Å². The highest BCUT2D eigenvalue weighted by Crippen LogP contribution is 2.27. The number of nitrogens with zero attached hydrogens (tertiary/aromatic N) is 3. The van der Waals surface area contributed by atoms with Crippen LogP contribution in [0.15, 0.2) is 38.8 Å². The van der Waals surface area contributed by atoms with Crippen LogP contribution in [0.1, 0.15) is 32.6 Å². The van der Waals surface area contributed by atoms with E-state index in [-0.39, 0.29) is 35.4 Å². The number of nitrogens with two attached hydrogens (primary N) is 1. The molecule has 1 fully saturated rings. The van der Waals surface area contributed by atoms with Gasteiger partial charge in [0.2, 0.25) is 15.9 Å². The zero-order chi connectivity index (χ0) is 24.3. The van der Waals surface area contributed by atoms with Gasteiger partial charge in [-0.2, -0.15) is 4.31 Å². The molecule has 2 heterocycles. The van der Waals surface area contributed by atoms with Gasteiger partial charge in [-0.3, -0.25) is 19.1 Å². The minimum absolute atomic E-state index is 0.0594. The van der Waals surface area contributed by atoms with E-state index in [1.807, 2.05) is 6.92 Å². The average Bonchev–Trinajstić information content (AvgIpc) is 2.78. The molecule has 1 amide bonds. The monoisotopic (exact) mass is 497 g/mol. The molecule has 10 nitrogen and oxygen atoms in total. The fourth-order valence-corrected chi connectivity index (χ4v) is 5.52. The number of anilines is 2. The van der Waals surface area contributed by atoms with Crippen LogP contribution in [0.2, 0.25) is 5.02 Å². The molecule has 0 saturated carbocycles. The minimum Gasteiger partial charge on any atom is -0.383 e. The molecular weight excluding hydrogens is 470 g/mol. The molecule has 33 heavy (non-hydrogen) atoms. The maximum absolute atomic E-state index is 13.1. The van der Waals surface area contributed by atoms with Crippen molar-refractivity contribution in [2.24, 2.45) is 5.92 Å². The third-order valence-electron chi connectivity index (χ3n) is 5.87. The predicted octanol–water partition coefficient (Wildman–Crippen LogP) is 1.64. The molecule has 1 aliphatic heterocycles. The fraction of sp³-hybridized carbons (Fsp3) is 0.476. The zero-order valence-corrected chi connectivity index (χ0v) is 20.2. The van der Waals surface area contributed by atoms with E-state index < -0.39 is 27.2 Å². The number of rotatable bonds is 7. The molecule has 2 aromatic rings. The molecule has 0 spiro atoms. The minimum atomic E-state index is -3.70. The number of nitrogen functional groups attached to an aromatic ring is 1. The van der Waals surface area contributed by atoms with Crippen LogP contribution in [0, 0.1) is 5.92 Å². The van der Waals surface area contributed by atoms with Crippen LogP contribution in [-0.4, -0.2) is 48.3 Å². The van der Waals surface area contributed by atoms with E-state index in [4.69, 9.17) is 17.3 Å². The van der Waals surface area contributed by atoms with Crippen molar-refractivity contribution in [2.45, 2.75) is 44.0 Å². The number of carbonyl (C=O) groups is 1. The van der Waals surface area contributed by atoms with Crippen molar-refractivity contribution in [3.63, 3.8) is 0 Å². The Balaban J connectivity index is 1.75. The van der Waals surface area contributed by atoms with Crippen LogP contribution in [0.4, 0.5) is 11.5 Å². The summed E-state index contributed by atoms with van der Waals surface area (Å²) < 4.78 is 28.3. The number of aromatic nitrogens is 2. The highest BCUT2D eigenvalue weighted by atomic mass is 35.5. The van der Waals surface area contributed by atoms with E-state index in [1.165, 1.54) is 45.1 Å². The largest absolute Gasteiger partial charge is 0.383 e. The zero-order valence-electron chi connectivity index (χ0n) is 18.6. The number of benzene rings is 1. The van der Waals surface area contributed by atoms with Gasteiger partial charge in [-0.25, -0.2) is 13.2 Å². The van der Waals surface area contributed by atoms with Crippen molar-refractivity contribution in [3.05, 3.63) is 50.1 Å². The van der Waals surface area contributed by atoms with Gasteiger partial charge in [0.1, 0.15) is 5.82 Å². The summed E-state index contributed by atoms with van der Waals surface area (Å²) in [6.45, 7) is 2.62. The van der Waals surface area contributed by atoms with Crippen LogP contribution in [-0.2, 0) is 21.4 Å². The summed E-state index contributed by atoms with van der Waals surface area (Å²) in [5.41, 5.74) is 4.68. The van der Waals surface area contributed by atoms with Crippen LogP contribution in [0.5, 0.6) is 0 Å². The highest BCUT2D eigenvalue weighted by molar-refractivity contribution is 7.89. The van der Waals surface area contributed by atoms with Gasteiger partial charge in [-0.05, 0) is 43.5 Å². The third kappa shape index (κ3) is 5.15. The maximum atomic E-state index is 13.1. The number of hydrogen-bond acceptors (Lipinski definition) is 6. The molecule has 180 valence electrons. The Kier molecular flexibility index (Phi) is 7.65. The van der Waals surface area contributed by atoms with E-state index in [2.05, 4.69) is 4.98 Å². The maximum Gasteiger partial charge on any atom is 0.330 e. The van der Waals surface area contributed by atoms with Gasteiger partial charge in [-0.1, -0.05) is 24.9 Å². The van der Waals surface area contributed by atoms with Crippen molar-refractivity contribution in [1.29, 1.82) is 0 Å². The summed E-state index contributed by atoms with van der Waals surface area (Å²) in [5.74, 6) is -0.895. The SMILES string of the molecule is CCCCn1c(N)c(N(C)C(=O)C2CCN(S(=O)(=O)c3ccc(Cl)cc3)CC2)c(=O)[nH]c1=O. The lowest BCUT2D eigenvalue weighted by Gasteiger charge is -2.32. The van der Waals surface area contributed by atoms with Gasteiger partial charge in [-0.15, -0.1) is 0 Å². The average molecular weight is 498 g/mol. The van der Waals surface area contributed by atoms with Gasteiger partial charge in [0.15, 0.2) is 5.69 Å². The van der Waals surface area contributed by atoms with Crippen LogP contribution < -0.4 is 21.9 Å². The summed E-state index contributed by atoms with van der Waals surface area (Å²) in [4.78, 5) is 41.2. The van der Waals surface area contributed by atoms with Gasteiger partial charge in [0, 0.05) is 37.6 Å². The summed E-state index contributed by atoms with van der Waals surface area (Å²) in [7, 11) is -2.26. The highest BCUT2D eigenvalue weighted by Gasteiger charge is 2.34. The first-order valence-corrected chi connectivity index (χ1v) is 12.6. The lowest BCUT2D eigenvalue weighted by Crippen LogP contribution is -2.45. The second-order valence-corrected chi connectivity index (χ2v) is 10.4. The number of piperidine rings is 1. The molecule has 1 saturated heterocycles. The van der Waals surface area contributed by atoms with E-state index in [1.54, 1.807) is 0 Å². The van der Waals surface area contributed by atoms with Gasteiger partial charge >= 0.3 is 5.69 Å². The van der Waals surface area contributed by atoms with E-state index in [0.717, 1.165) is 6.42 Å². The number of halogens is 1. The number of sulfonamides is 1. The molecule has 3 N–H and O–H groups in total. The Bertz CT molecular complexity index is 1230. The first-order chi connectivity index (χ1) is 15.6. The fourth-order valence-electron chi connectivity index (χ4n) is 3.92. The Hall–Kier alpha value is -2.63. The molecule has 12 heteroatoms.